The van der Waals surface area contributed by atoms with Gasteiger partial charge in [-0.15, -0.1) is 0 Å². The largest absolute Gasteiger partial charge is 0.463 e. The number of amides is 1. The van der Waals surface area contributed by atoms with E-state index in [1.807, 2.05) is 0 Å². The first-order chi connectivity index (χ1) is 22.3. The van der Waals surface area contributed by atoms with Crippen molar-refractivity contribution in [1.82, 2.24) is 19.8 Å². The average Bonchev–Trinajstić information content (AvgIpc) is 3.64. The molecule has 0 bridgehead atoms. The third-order valence-electron chi connectivity index (χ3n) is 10.3. The molecule has 1 saturated carbocycles. The van der Waals surface area contributed by atoms with Gasteiger partial charge in [-0.05, 0) is 69.1 Å². The molecule has 3 fully saturated rings. The summed E-state index contributed by atoms with van der Waals surface area (Å²) in [5.41, 5.74) is 4.61. The maximum atomic E-state index is 13.9. The second-order valence-electron chi connectivity index (χ2n) is 13.5. The predicted molar refractivity (Wildman–Crippen MR) is 176 cm³/mol. The Morgan fingerprint density at radius 1 is 1.09 bits per heavy atom. The molecule has 2 aromatic carbocycles. The van der Waals surface area contributed by atoms with Crippen LogP contribution in [-0.2, 0) is 17.8 Å². The van der Waals surface area contributed by atoms with Gasteiger partial charge in [0.1, 0.15) is 5.82 Å². The quantitative estimate of drug-likeness (QED) is 0.302. The van der Waals surface area contributed by atoms with E-state index in [2.05, 4.69) is 70.7 Å². The smallest absolute Gasteiger partial charge is 0.318 e. The average molecular weight is 624 g/mol. The van der Waals surface area contributed by atoms with Crippen LogP contribution < -0.4 is 14.5 Å². The minimum absolute atomic E-state index is 0.0966. The lowest BCUT2D eigenvalue weighted by atomic mass is 9.99. The fourth-order valence-corrected chi connectivity index (χ4v) is 7.60. The molecule has 7 rings (SSSR count). The van der Waals surface area contributed by atoms with Crippen molar-refractivity contribution in [2.75, 3.05) is 62.2 Å². The van der Waals surface area contributed by atoms with E-state index in [0.717, 1.165) is 49.4 Å². The summed E-state index contributed by atoms with van der Waals surface area (Å²) in [6.07, 6.45) is 5.69. The van der Waals surface area contributed by atoms with Crippen LogP contribution in [0.2, 0.25) is 0 Å². The van der Waals surface area contributed by atoms with Gasteiger partial charge < -0.3 is 24.3 Å². The van der Waals surface area contributed by atoms with Crippen LogP contribution in [-0.4, -0.2) is 84.1 Å². The van der Waals surface area contributed by atoms with Crippen LogP contribution in [0.25, 0.3) is 10.8 Å². The predicted octanol–water partition coefficient (Wildman–Crippen LogP) is 5.17. The highest BCUT2D eigenvalue weighted by molar-refractivity contribution is 5.97. The van der Waals surface area contributed by atoms with Gasteiger partial charge in [-0.25, -0.2) is 4.39 Å². The van der Waals surface area contributed by atoms with Crippen LogP contribution in [0.15, 0.2) is 48.8 Å². The number of aromatic nitrogens is 2. The Balaban J connectivity index is 1.20. The van der Waals surface area contributed by atoms with Crippen LogP contribution in [0.1, 0.15) is 48.9 Å². The zero-order valence-corrected chi connectivity index (χ0v) is 26.7. The lowest BCUT2D eigenvalue weighted by Crippen LogP contribution is -2.55. The van der Waals surface area contributed by atoms with Crippen molar-refractivity contribution in [3.05, 3.63) is 65.6 Å². The minimum atomic E-state index is -1.00. The number of anilines is 2. The molecule has 240 valence electrons. The molecule has 1 amide bonds. The summed E-state index contributed by atoms with van der Waals surface area (Å²) in [4.78, 5) is 31.2. The van der Waals surface area contributed by atoms with Crippen molar-refractivity contribution < 1.29 is 13.9 Å². The first-order valence-corrected chi connectivity index (χ1v) is 16.6. The standard InChI is InChI=1S/C36H42FN7O2/c1-25-7-5-8-27-9-6-10-31(32(25)27)42-18-12-29-30(22-42)39-35(46-24-36(13-14-36)23-41-16-3-4-17-41)40-33(29)43-19-20-44(34(45)26(2)37)28(21-43)11-15-38/h5-10,28H,2-4,11-14,16-24H2,1H3. The van der Waals surface area contributed by atoms with Gasteiger partial charge >= 0.3 is 6.01 Å². The second kappa shape index (κ2) is 12.5. The van der Waals surface area contributed by atoms with Crippen LogP contribution in [0, 0.1) is 23.7 Å². The van der Waals surface area contributed by atoms with E-state index in [4.69, 9.17) is 14.7 Å². The number of piperazine rings is 1. The van der Waals surface area contributed by atoms with Gasteiger partial charge in [-0.1, -0.05) is 36.9 Å². The monoisotopic (exact) mass is 623 g/mol. The fraction of sp³-hybridized carbons (Fsp3) is 0.500. The maximum absolute atomic E-state index is 13.9. The molecule has 46 heavy (non-hydrogen) atoms. The highest BCUT2D eigenvalue weighted by Crippen LogP contribution is 2.47. The number of benzene rings is 2. The number of ether oxygens (including phenoxy) is 1. The van der Waals surface area contributed by atoms with E-state index in [1.54, 1.807) is 0 Å². The highest BCUT2D eigenvalue weighted by Gasteiger charge is 2.45. The van der Waals surface area contributed by atoms with Crippen LogP contribution in [0.4, 0.5) is 15.9 Å². The number of nitriles is 1. The summed E-state index contributed by atoms with van der Waals surface area (Å²) in [5, 5.41) is 12.0. The van der Waals surface area contributed by atoms with E-state index in [9.17, 15) is 14.4 Å². The summed E-state index contributed by atoms with van der Waals surface area (Å²) in [7, 11) is 0. The Morgan fingerprint density at radius 2 is 1.87 bits per heavy atom. The summed E-state index contributed by atoms with van der Waals surface area (Å²) in [5.74, 6) is -0.951. The van der Waals surface area contributed by atoms with Crippen molar-refractivity contribution in [3.8, 4) is 12.1 Å². The van der Waals surface area contributed by atoms with E-state index < -0.39 is 17.8 Å². The molecule has 3 aliphatic heterocycles. The van der Waals surface area contributed by atoms with Crippen LogP contribution >= 0.6 is 0 Å². The molecule has 10 heteroatoms. The van der Waals surface area contributed by atoms with Crippen LogP contribution in [0.5, 0.6) is 6.01 Å². The molecular formula is C36H42FN7O2. The molecule has 1 unspecified atom stereocenters. The minimum Gasteiger partial charge on any atom is -0.463 e. The number of carbonyl (C=O) groups excluding carboxylic acids is 1. The molecule has 9 nitrogen and oxygen atoms in total. The van der Waals surface area contributed by atoms with E-state index >= 15 is 0 Å². The second-order valence-corrected chi connectivity index (χ2v) is 13.5. The Hall–Kier alpha value is -4.23. The van der Waals surface area contributed by atoms with Gasteiger partial charge in [-0.2, -0.15) is 15.2 Å². The zero-order valence-electron chi connectivity index (χ0n) is 26.7. The van der Waals surface area contributed by atoms with Gasteiger partial charge in [0.15, 0.2) is 5.83 Å². The molecule has 1 aromatic heterocycles. The summed E-state index contributed by atoms with van der Waals surface area (Å²) < 4.78 is 20.3. The topological polar surface area (TPSA) is 88.8 Å². The number of aryl methyl sites for hydroxylation is 1. The van der Waals surface area contributed by atoms with Gasteiger partial charge in [0, 0.05) is 54.8 Å². The van der Waals surface area contributed by atoms with Crippen molar-refractivity contribution in [3.63, 3.8) is 0 Å². The molecule has 1 atom stereocenters. The number of likely N-dealkylation sites (tertiary alicyclic amines) is 1. The van der Waals surface area contributed by atoms with Crippen molar-refractivity contribution >= 4 is 28.2 Å². The van der Waals surface area contributed by atoms with Gasteiger partial charge in [0.25, 0.3) is 5.91 Å². The van der Waals surface area contributed by atoms with Gasteiger partial charge in [-0.3, -0.25) is 4.79 Å². The molecule has 4 heterocycles. The molecule has 2 saturated heterocycles. The SMILES string of the molecule is C=C(F)C(=O)N1CCN(c2nc(OCC3(CN4CCCC4)CC3)nc3c2CCN(c2cccc4cccc(C)c24)C3)CC1CC#N. The van der Waals surface area contributed by atoms with E-state index in [1.165, 1.54) is 52.9 Å². The third kappa shape index (κ3) is 6.01. The Kier molecular flexibility index (Phi) is 8.28. The number of nitrogens with zero attached hydrogens (tertiary/aromatic N) is 7. The first-order valence-electron chi connectivity index (χ1n) is 16.6. The lowest BCUT2D eigenvalue weighted by Gasteiger charge is -2.42. The zero-order chi connectivity index (χ0) is 31.8. The Labute approximate surface area is 270 Å². The highest BCUT2D eigenvalue weighted by atomic mass is 19.1. The maximum Gasteiger partial charge on any atom is 0.318 e. The van der Waals surface area contributed by atoms with Crippen molar-refractivity contribution in [2.24, 2.45) is 5.41 Å². The van der Waals surface area contributed by atoms with Crippen LogP contribution in [0.3, 0.4) is 0 Å². The summed E-state index contributed by atoms with van der Waals surface area (Å²) in [6, 6.07) is 15.0. The van der Waals surface area contributed by atoms with Gasteiger partial charge in [0.2, 0.25) is 0 Å². The molecule has 0 radical (unpaired) electrons. The number of hydrogen-bond acceptors (Lipinski definition) is 8. The Bertz CT molecular complexity index is 1690. The summed E-state index contributed by atoms with van der Waals surface area (Å²) in [6.45, 7) is 11.9. The Morgan fingerprint density at radius 3 is 2.61 bits per heavy atom. The lowest BCUT2D eigenvalue weighted by molar-refractivity contribution is -0.131. The number of carbonyl (C=O) groups is 1. The number of fused-ring (bicyclic) bond motifs is 2. The first kappa shape index (κ1) is 30.4. The normalized spacial score (nSPS) is 20.8. The third-order valence-corrected chi connectivity index (χ3v) is 10.3. The molecular weight excluding hydrogens is 581 g/mol. The number of halogens is 1. The van der Waals surface area contributed by atoms with Gasteiger partial charge in [0.05, 0.1) is 37.4 Å². The van der Waals surface area contributed by atoms with E-state index in [-0.39, 0.29) is 18.4 Å². The van der Waals surface area contributed by atoms with Crippen molar-refractivity contribution in [1.29, 1.82) is 5.26 Å². The van der Waals surface area contributed by atoms with Crippen molar-refractivity contribution in [2.45, 2.75) is 58.0 Å². The number of rotatable bonds is 9. The molecule has 1 aliphatic carbocycles. The van der Waals surface area contributed by atoms with E-state index in [0.29, 0.717) is 32.3 Å². The molecule has 0 spiro atoms. The molecule has 0 N–H and O–H groups in total. The number of hydrogen-bond donors (Lipinski definition) is 0. The fourth-order valence-electron chi connectivity index (χ4n) is 7.60. The molecule has 3 aromatic rings. The summed E-state index contributed by atoms with van der Waals surface area (Å²) >= 11 is 0. The molecule has 4 aliphatic rings.